The van der Waals surface area contributed by atoms with Gasteiger partial charge in [-0.25, -0.2) is 4.39 Å². The molecule has 1 unspecified atom stereocenters. The van der Waals surface area contributed by atoms with E-state index in [1.807, 2.05) is 0 Å². The highest BCUT2D eigenvalue weighted by Gasteiger charge is 2.32. The summed E-state index contributed by atoms with van der Waals surface area (Å²) in [5.41, 5.74) is 2.05. The molecule has 1 aliphatic heterocycles. The Morgan fingerprint density at radius 3 is 2.35 bits per heavy atom. The smallest absolute Gasteiger partial charge is 0.252 e. The minimum atomic E-state index is -0.868. The van der Waals surface area contributed by atoms with Crippen molar-refractivity contribution < 1.29 is 14.3 Å². The van der Waals surface area contributed by atoms with Crippen molar-refractivity contribution in [1.82, 2.24) is 4.90 Å². The van der Waals surface area contributed by atoms with Gasteiger partial charge in [0.15, 0.2) is 6.23 Å². The fourth-order valence-corrected chi connectivity index (χ4v) is 1.87. The number of halogens is 1. The molecular formula is C13H14FNO2. The third-order valence-corrected chi connectivity index (χ3v) is 3.12. The molecule has 17 heavy (non-hydrogen) atoms. The standard InChI is InChI=1S/C13H14FNO2/c1-8-9(2)13(17)15(12(8)16)7-10-3-5-11(14)6-4-10/h3-6,12,16H,7H2,1-2H3. The first-order valence-electron chi connectivity index (χ1n) is 5.41. The molecule has 0 spiro atoms. The third kappa shape index (κ3) is 2.08. The first-order valence-corrected chi connectivity index (χ1v) is 5.41. The Balaban J connectivity index is 2.16. The molecule has 0 radical (unpaired) electrons. The zero-order valence-corrected chi connectivity index (χ0v) is 9.77. The first kappa shape index (κ1) is 11.8. The van der Waals surface area contributed by atoms with Gasteiger partial charge in [0.2, 0.25) is 0 Å². The van der Waals surface area contributed by atoms with Crippen molar-refractivity contribution in [2.24, 2.45) is 0 Å². The van der Waals surface area contributed by atoms with E-state index in [1.165, 1.54) is 17.0 Å². The van der Waals surface area contributed by atoms with E-state index in [9.17, 15) is 14.3 Å². The van der Waals surface area contributed by atoms with Crippen molar-refractivity contribution in [3.05, 3.63) is 46.8 Å². The summed E-state index contributed by atoms with van der Waals surface area (Å²) in [4.78, 5) is 13.2. The normalized spacial score (nSPS) is 20.4. The summed E-state index contributed by atoms with van der Waals surface area (Å²) in [5, 5.41) is 9.89. The molecule has 0 bridgehead atoms. The molecule has 90 valence electrons. The van der Waals surface area contributed by atoms with Gasteiger partial charge in [-0.3, -0.25) is 4.79 Å². The predicted molar refractivity (Wildman–Crippen MR) is 61.3 cm³/mol. The van der Waals surface area contributed by atoms with E-state index in [0.717, 1.165) is 5.56 Å². The number of carbonyl (C=O) groups excluding carboxylic acids is 1. The molecule has 1 heterocycles. The van der Waals surface area contributed by atoms with Gasteiger partial charge in [-0.15, -0.1) is 0 Å². The number of hydrogen-bond acceptors (Lipinski definition) is 2. The second-order valence-electron chi connectivity index (χ2n) is 4.24. The van der Waals surface area contributed by atoms with Gasteiger partial charge in [-0.1, -0.05) is 12.1 Å². The molecule has 0 aliphatic carbocycles. The van der Waals surface area contributed by atoms with Crippen LogP contribution in [0.3, 0.4) is 0 Å². The summed E-state index contributed by atoms with van der Waals surface area (Å²) in [6.45, 7) is 3.73. The van der Waals surface area contributed by atoms with Crippen LogP contribution in [0, 0.1) is 5.82 Å². The Bertz CT molecular complexity index is 479. The summed E-state index contributed by atoms with van der Waals surface area (Å²) in [5.74, 6) is -0.480. The minimum Gasteiger partial charge on any atom is -0.369 e. The lowest BCUT2D eigenvalue weighted by molar-refractivity contribution is -0.132. The van der Waals surface area contributed by atoms with Crippen molar-refractivity contribution >= 4 is 5.91 Å². The Kier molecular flexibility index (Phi) is 2.98. The summed E-state index contributed by atoms with van der Waals surface area (Å²) in [6, 6.07) is 5.90. The van der Waals surface area contributed by atoms with Gasteiger partial charge in [0.25, 0.3) is 5.91 Å². The fraction of sp³-hybridized carbons (Fsp3) is 0.308. The highest BCUT2D eigenvalue weighted by Crippen LogP contribution is 2.25. The number of hydrogen-bond donors (Lipinski definition) is 1. The lowest BCUT2D eigenvalue weighted by Crippen LogP contribution is -2.34. The maximum atomic E-state index is 12.7. The van der Waals surface area contributed by atoms with E-state index >= 15 is 0 Å². The third-order valence-electron chi connectivity index (χ3n) is 3.12. The van der Waals surface area contributed by atoms with Crippen molar-refractivity contribution in [3.8, 4) is 0 Å². The zero-order chi connectivity index (χ0) is 12.6. The van der Waals surface area contributed by atoms with E-state index in [-0.39, 0.29) is 18.3 Å². The van der Waals surface area contributed by atoms with Crippen LogP contribution in [0.15, 0.2) is 35.4 Å². The van der Waals surface area contributed by atoms with E-state index < -0.39 is 6.23 Å². The largest absolute Gasteiger partial charge is 0.369 e. The molecule has 0 saturated heterocycles. The number of aliphatic hydroxyl groups is 1. The Hall–Kier alpha value is -1.68. The number of nitrogens with zero attached hydrogens (tertiary/aromatic N) is 1. The quantitative estimate of drug-likeness (QED) is 0.849. The van der Waals surface area contributed by atoms with Crippen LogP contribution in [-0.2, 0) is 11.3 Å². The zero-order valence-electron chi connectivity index (χ0n) is 9.77. The van der Waals surface area contributed by atoms with Gasteiger partial charge in [-0.05, 0) is 37.1 Å². The molecule has 1 N–H and O–H groups in total. The Morgan fingerprint density at radius 2 is 1.88 bits per heavy atom. The number of rotatable bonds is 2. The summed E-state index contributed by atoms with van der Waals surface area (Å²) in [6.07, 6.45) is -0.868. The monoisotopic (exact) mass is 235 g/mol. The lowest BCUT2D eigenvalue weighted by atomic mass is 10.2. The molecule has 1 aromatic carbocycles. The van der Waals surface area contributed by atoms with Gasteiger partial charge >= 0.3 is 0 Å². The molecule has 2 rings (SSSR count). The summed E-state index contributed by atoms with van der Waals surface area (Å²) >= 11 is 0. The topological polar surface area (TPSA) is 40.5 Å². The van der Waals surface area contributed by atoms with Crippen LogP contribution in [0.2, 0.25) is 0 Å². The molecule has 1 amide bonds. The number of aliphatic hydroxyl groups excluding tert-OH is 1. The molecule has 4 heteroatoms. The van der Waals surface area contributed by atoms with E-state index in [4.69, 9.17) is 0 Å². The van der Waals surface area contributed by atoms with E-state index in [2.05, 4.69) is 0 Å². The SMILES string of the molecule is CC1=C(C)C(O)N(Cc2ccc(F)cc2)C1=O. The first-order chi connectivity index (χ1) is 8.00. The second-order valence-corrected chi connectivity index (χ2v) is 4.24. The van der Waals surface area contributed by atoms with Crippen molar-refractivity contribution in [1.29, 1.82) is 0 Å². The van der Waals surface area contributed by atoms with E-state index in [0.29, 0.717) is 11.1 Å². The molecule has 0 saturated carbocycles. The Labute approximate surface area is 99.2 Å². The van der Waals surface area contributed by atoms with Gasteiger partial charge in [-0.2, -0.15) is 0 Å². The number of amides is 1. The molecule has 1 aliphatic rings. The van der Waals surface area contributed by atoms with Gasteiger partial charge in [0.1, 0.15) is 5.82 Å². The minimum absolute atomic E-state index is 0.167. The lowest BCUT2D eigenvalue weighted by Gasteiger charge is -2.22. The van der Waals surface area contributed by atoms with Crippen LogP contribution in [0.4, 0.5) is 4.39 Å². The van der Waals surface area contributed by atoms with Crippen LogP contribution >= 0.6 is 0 Å². The van der Waals surface area contributed by atoms with Crippen LogP contribution in [0.25, 0.3) is 0 Å². The van der Waals surface area contributed by atoms with Crippen LogP contribution in [0.1, 0.15) is 19.4 Å². The molecule has 1 atom stereocenters. The van der Waals surface area contributed by atoms with Gasteiger partial charge < -0.3 is 10.0 Å². The van der Waals surface area contributed by atoms with E-state index in [1.54, 1.807) is 26.0 Å². The highest BCUT2D eigenvalue weighted by molar-refractivity contribution is 5.96. The average molecular weight is 235 g/mol. The molecular weight excluding hydrogens is 221 g/mol. The fourth-order valence-electron chi connectivity index (χ4n) is 1.87. The number of benzene rings is 1. The van der Waals surface area contributed by atoms with Gasteiger partial charge in [0.05, 0.1) is 0 Å². The number of carbonyl (C=O) groups is 1. The molecule has 0 aromatic heterocycles. The van der Waals surface area contributed by atoms with Crippen LogP contribution in [0.5, 0.6) is 0 Å². The van der Waals surface area contributed by atoms with Gasteiger partial charge in [0, 0.05) is 12.1 Å². The molecule has 1 aromatic rings. The maximum Gasteiger partial charge on any atom is 0.252 e. The summed E-state index contributed by atoms with van der Waals surface area (Å²) in [7, 11) is 0. The maximum absolute atomic E-state index is 12.7. The molecule has 3 nitrogen and oxygen atoms in total. The van der Waals surface area contributed by atoms with Crippen LogP contribution < -0.4 is 0 Å². The van der Waals surface area contributed by atoms with Crippen molar-refractivity contribution in [2.75, 3.05) is 0 Å². The van der Waals surface area contributed by atoms with Crippen molar-refractivity contribution in [2.45, 2.75) is 26.6 Å². The predicted octanol–water partition coefficient (Wildman–Crippen LogP) is 1.82. The van der Waals surface area contributed by atoms with Crippen molar-refractivity contribution in [3.63, 3.8) is 0 Å². The second kappa shape index (κ2) is 4.30. The van der Waals surface area contributed by atoms with Crippen LogP contribution in [-0.4, -0.2) is 22.1 Å². The Morgan fingerprint density at radius 1 is 1.29 bits per heavy atom. The average Bonchev–Trinajstić information content (AvgIpc) is 2.50. The molecule has 0 fully saturated rings. The highest BCUT2D eigenvalue weighted by atomic mass is 19.1. The summed E-state index contributed by atoms with van der Waals surface area (Å²) < 4.78 is 12.7.